The predicted octanol–water partition coefficient (Wildman–Crippen LogP) is 4.90. The van der Waals surface area contributed by atoms with Gasteiger partial charge in [0.2, 0.25) is 5.78 Å². The zero-order valence-electron chi connectivity index (χ0n) is 17.0. The van der Waals surface area contributed by atoms with Crippen molar-refractivity contribution in [1.29, 1.82) is 0 Å². The molecule has 0 atom stereocenters. The van der Waals surface area contributed by atoms with Crippen LogP contribution in [0.2, 0.25) is 0 Å². The van der Waals surface area contributed by atoms with Gasteiger partial charge >= 0.3 is 0 Å². The first-order valence-electron chi connectivity index (χ1n) is 10.5. The van der Waals surface area contributed by atoms with E-state index in [4.69, 9.17) is 0 Å². The van der Waals surface area contributed by atoms with Gasteiger partial charge in [-0.05, 0) is 54.6 Å². The summed E-state index contributed by atoms with van der Waals surface area (Å²) in [6.07, 6.45) is 3.83. The summed E-state index contributed by atoms with van der Waals surface area (Å²) >= 11 is 1.39. The summed E-state index contributed by atoms with van der Waals surface area (Å²) in [7, 11) is 0. The van der Waals surface area contributed by atoms with Gasteiger partial charge in [-0.3, -0.25) is 14.5 Å². The summed E-state index contributed by atoms with van der Waals surface area (Å²) < 4.78 is 0. The van der Waals surface area contributed by atoms with E-state index in [1.807, 2.05) is 17.5 Å². The van der Waals surface area contributed by atoms with Crippen molar-refractivity contribution in [3.05, 3.63) is 93.2 Å². The smallest absolute Gasteiger partial charge is 0.252 e. The first kappa shape index (κ1) is 20.5. The molecule has 5 heteroatoms. The average molecular weight is 419 g/mol. The van der Waals surface area contributed by atoms with Crippen LogP contribution in [0.3, 0.4) is 0 Å². The van der Waals surface area contributed by atoms with Gasteiger partial charge < -0.3 is 5.32 Å². The van der Waals surface area contributed by atoms with Crippen LogP contribution in [-0.4, -0.2) is 29.7 Å². The number of benzene rings is 2. The van der Waals surface area contributed by atoms with E-state index in [9.17, 15) is 9.59 Å². The van der Waals surface area contributed by atoms with E-state index in [0.717, 1.165) is 25.2 Å². The normalized spacial score (nSPS) is 14.4. The van der Waals surface area contributed by atoms with E-state index in [-0.39, 0.29) is 11.7 Å². The molecule has 2 heterocycles. The minimum Gasteiger partial charge on any atom is -0.348 e. The highest BCUT2D eigenvalue weighted by molar-refractivity contribution is 7.12. The van der Waals surface area contributed by atoms with Gasteiger partial charge in [-0.15, -0.1) is 11.3 Å². The number of thiophene rings is 1. The van der Waals surface area contributed by atoms with Gasteiger partial charge in [-0.25, -0.2) is 0 Å². The van der Waals surface area contributed by atoms with Crippen LogP contribution in [0.1, 0.15) is 56.0 Å². The maximum atomic E-state index is 12.9. The number of likely N-dealkylation sites (tertiary alicyclic amines) is 1. The van der Waals surface area contributed by atoms with Crippen LogP contribution < -0.4 is 5.32 Å². The third-order valence-electron chi connectivity index (χ3n) is 5.56. The minimum atomic E-state index is -0.219. The molecule has 1 amide bonds. The molecular weight excluding hydrogens is 392 g/mol. The van der Waals surface area contributed by atoms with Gasteiger partial charge in [0.15, 0.2) is 0 Å². The summed E-state index contributed by atoms with van der Waals surface area (Å²) in [6, 6.07) is 19.0. The minimum absolute atomic E-state index is 0.110. The Morgan fingerprint density at radius 1 is 0.833 bits per heavy atom. The molecule has 0 radical (unpaired) electrons. The van der Waals surface area contributed by atoms with Crippen LogP contribution in [0, 0.1) is 0 Å². The Kier molecular flexibility index (Phi) is 6.72. The van der Waals surface area contributed by atoms with Crippen molar-refractivity contribution in [3.63, 3.8) is 0 Å². The van der Waals surface area contributed by atoms with E-state index in [1.165, 1.54) is 36.2 Å². The van der Waals surface area contributed by atoms with Crippen LogP contribution in [0.15, 0.2) is 66.0 Å². The third kappa shape index (κ3) is 4.86. The molecule has 4 nitrogen and oxygen atoms in total. The number of piperidine rings is 1. The molecule has 0 unspecified atom stereocenters. The van der Waals surface area contributed by atoms with Crippen LogP contribution in [0.5, 0.6) is 0 Å². The molecule has 1 saturated heterocycles. The Hall–Kier alpha value is -2.76. The lowest BCUT2D eigenvalue weighted by molar-refractivity contribution is 0.0940. The standard InChI is InChI=1S/C25H26N2O2S/c28-24(23-13-8-16-30-23)21-11-4-5-12-22(21)25(29)26-17-19-9-2-3-10-20(19)18-27-14-6-1-7-15-27/h2-5,8-13,16H,1,6-7,14-15,17-18H2,(H,26,29). The molecule has 0 spiro atoms. The topological polar surface area (TPSA) is 49.4 Å². The second-order valence-electron chi connectivity index (χ2n) is 7.64. The average Bonchev–Trinajstić information content (AvgIpc) is 3.33. The molecule has 1 N–H and O–H groups in total. The first-order valence-corrected chi connectivity index (χ1v) is 11.3. The van der Waals surface area contributed by atoms with Crippen molar-refractivity contribution >= 4 is 23.0 Å². The second-order valence-corrected chi connectivity index (χ2v) is 8.59. The van der Waals surface area contributed by atoms with Crippen LogP contribution in [0.4, 0.5) is 0 Å². The molecule has 30 heavy (non-hydrogen) atoms. The molecule has 154 valence electrons. The predicted molar refractivity (Wildman–Crippen MR) is 121 cm³/mol. The molecule has 0 aliphatic carbocycles. The molecule has 2 aromatic carbocycles. The number of carbonyl (C=O) groups excluding carboxylic acids is 2. The van der Waals surface area contributed by atoms with Gasteiger partial charge in [-0.1, -0.05) is 55.0 Å². The first-order chi connectivity index (χ1) is 14.7. The molecule has 0 bridgehead atoms. The SMILES string of the molecule is O=C(NCc1ccccc1CN1CCCCC1)c1ccccc1C(=O)c1cccs1. The zero-order valence-corrected chi connectivity index (χ0v) is 17.8. The van der Waals surface area contributed by atoms with E-state index in [1.54, 1.807) is 30.3 Å². The van der Waals surface area contributed by atoms with E-state index < -0.39 is 0 Å². The summed E-state index contributed by atoms with van der Waals surface area (Å²) in [5.41, 5.74) is 3.24. The monoisotopic (exact) mass is 418 g/mol. The number of hydrogen-bond donors (Lipinski definition) is 1. The van der Waals surface area contributed by atoms with Crippen molar-refractivity contribution in [2.75, 3.05) is 13.1 Å². The van der Waals surface area contributed by atoms with Crippen LogP contribution >= 0.6 is 11.3 Å². The Balaban J connectivity index is 1.46. The van der Waals surface area contributed by atoms with Crippen LogP contribution in [0.25, 0.3) is 0 Å². The summed E-state index contributed by atoms with van der Waals surface area (Å²) in [6.45, 7) is 3.64. The number of hydrogen-bond acceptors (Lipinski definition) is 4. The summed E-state index contributed by atoms with van der Waals surface area (Å²) in [4.78, 5) is 28.9. The highest BCUT2D eigenvalue weighted by Gasteiger charge is 2.19. The lowest BCUT2D eigenvalue weighted by Gasteiger charge is -2.27. The largest absolute Gasteiger partial charge is 0.348 e. The number of rotatable bonds is 7. The van der Waals surface area contributed by atoms with Gasteiger partial charge in [0.05, 0.1) is 10.4 Å². The summed E-state index contributed by atoms with van der Waals surface area (Å²) in [5, 5.41) is 4.90. The Labute approximate surface area is 181 Å². The fourth-order valence-corrected chi connectivity index (χ4v) is 4.61. The maximum Gasteiger partial charge on any atom is 0.252 e. The molecule has 3 aromatic rings. The molecule has 1 fully saturated rings. The zero-order chi connectivity index (χ0) is 20.8. The van der Waals surface area contributed by atoms with Crippen molar-refractivity contribution in [1.82, 2.24) is 10.2 Å². The van der Waals surface area contributed by atoms with Crippen molar-refractivity contribution < 1.29 is 9.59 Å². The van der Waals surface area contributed by atoms with Crippen molar-refractivity contribution in [2.24, 2.45) is 0 Å². The van der Waals surface area contributed by atoms with E-state index in [0.29, 0.717) is 22.5 Å². The van der Waals surface area contributed by atoms with Gasteiger partial charge in [0.1, 0.15) is 0 Å². The van der Waals surface area contributed by atoms with E-state index >= 15 is 0 Å². The lowest BCUT2D eigenvalue weighted by Crippen LogP contribution is -2.30. The van der Waals surface area contributed by atoms with Gasteiger partial charge in [0, 0.05) is 18.7 Å². The Morgan fingerprint density at radius 2 is 1.53 bits per heavy atom. The number of nitrogens with zero attached hydrogens (tertiary/aromatic N) is 1. The van der Waals surface area contributed by atoms with Gasteiger partial charge in [-0.2, -0.15) is 0 Å². The molecular formula is C25H26N2O2S. The molecule has 0 saturated carbocycles. The third-order valence-corrected chi connectivity index (χ3v) is 6.43. The van der Waals surface area contributed by atoms with E-state index in [2.05, 4.69) is 28.4 Å². The van der Waals surface area contributed by atoms with Crippen molar-refractivity contribution in [2.45, 2.75) is 32.4 Å². The number of nitrogens with one attached hydrogen (secondary N) is 1. The highest BCUT2D eigenvalue weighted by atomic mass is 32.1. The number of ketones is 1. The fraction of sp³-hybridized carbons (Fsp3) is 0.280. The Bertz CT molecular complexity index is 1010. The second kappa shape index (κ2) is 9.83. The fourth-order valence-electron chi connectivity index (χ4n) is 3.93. The number of amides is 1. The quantitative estimate of drug-likeness (QED) is 0.556. The highest BCUT2D eigenvalue weighted by Crippen LogP contribution is 2.19. The maximum absolute atomic E-state index is 12.9. The lowest BCUT2D eigenvalue weighted by atomic mass is 10.0. The Morgan fingerprint density at radius 3 is 2.27 bits per heavy atom. The number of carbonyl (C=O) groups is 2. The molecule has 4 rings (SSSR count). The molecule has 1 aromatic heterocycles. The van der Waals surface area contributed by atoms with Crippen LogP contribution in [-0.2, 0) is 13.1 Å². The van der Waals surface area contributed by atoms with Gasteiger partial charge in [0.25, 0.3) is 5.91 Å². The molecule has 1 aliphatic heterocycles. The van der Waals surface area contributed by atoms with Crippen molar-refractivity contribution in [3.8, 4) is 0 Å². The molecule has 1 aliphatic rings. The summed E-state index contributed by atoms with van der Waals surface area (Å²) in [5.74, 6) is -0.329.